The first-order valence-electron chi connectivity index (χ1n) is 12.8. The lowest BCUT2D eigenvalue weighted by Gasteiger charge is -2.41. The van der Waals surface area contributed by atoms with Gasteiger partial charge in [0.2, 0.25) is 0 Å². The summed E-state index contributed by atoms with van der Waals surface area (Å²) in [6, 6.07) is 0. The lowest BCUT2D eigenvalue weighted by Crippen LogP contribution is -2.37. The molecule has 0 N–H and O–H groups in total. The van der Waals surface area contributed by atoms with Crippen molar-refractivity contribution in [1.29, 1.82) is 0 Å². The van der Waals surface area contributed by atoms with E-state index in [0.29, 0.717) is 5.54 Å². The minimum absolute atomic E-state index is 0.366. The van der Waals surface area contributed by atoms with Gasteiger partial charge in [0.1, 0.15) is 0 Å². The highest BCUT2D eigenvalue weighted by molar-refractivity contribution is 4.95. The third-order valence-corrected chi connectivity index (χ3v) is 7.12. The van der Waals surface area contributed by atoms with Crippen molar-refractivity contribution in [3.05, 3.63) is 18.7 Å². The molecule has 0 radical (unpaired) electrons. The second-order valence-corrected chi connectivity index (χ2v) is 9.74. The van der Waals surface area contributed by atoms with Crippen molar-refractivity contribution >= 4 is 0 Å². The summed E-state index contributed by atoms with van der Waals surface area (Å²) in [5.41, 5.74) is 0.366. The molecular weight excluding hydrogens is 340 g/mol. The first-order chi connectivity index (χ1) is 13.8. The number of aromatic nitrogens is 2. The molecule has 0 aromatic carbocycles. The maximum absolute atomic E-state index is 4.35. The summed E-state index contributed by atoms with van der Waals surface area (Å²) in [5.74, 6) is 0.864. The molecule has 28 heavy (non-hydrogen) atoms. The van der Waals surface area contributed by atoms with Crippen molar-refractivity contribution in [3.63, 3.8) is 0 Å². The molecule has 1 fully saturated rings. The highest BCUT2D eigenvalue weighted by Crippen LogP contribution is 2.41. The van der Waals surface area contributed by atoms with E-state index in [1.165, 1.54) is 122 Å². The average Bonchev–Trinajstić information content (AvgIpc) is 3.24. The monoisotopic (exact) mass is 388 g/mol. The van der Waals surface area contributed by atoms with E-state index in [1.54, 1.807) is 0 Å². The van der Waals surface area contributed by atoms with E-state index >= 15 is 0 Å². The predicted molar refractivity (Wildman–Crippen MR) is 123 cm³/mol. The van der Waals surface area contributed by atoms with E-state index in [4.69, 9.17) is 0 Å². The molecule has 1 aromatic rings. The molecule has 162 valence electrons. The molecule has 2 nitrogen and oxygen atoms in total. The van der Waals surface area contributed by atoms with Gasteiger partial charge in [0, 0.05) is 17.9 Å². The maximum Gasteiger partial charge on any atom is 0.0951 e. The molecule has 1 aliphatic rings. The van der Waals surface area contributed by atoms with Crippen molar-refractivity contribution < 1.29 is 0 Å². The van der Waals surface area contributed by atoms with E-state index in [-0.39, 0.29) is 0 Å². The highest BCUT2D eigenvalue weighted by atomic mass is 15.1. The minimum Gasteiger partial charge on any atom is -0.331 e. The van der Waals surface area contributed by atoms with Crippen LogP contribution in [0.25, 0.3) is 0 Å². The molecule has 0 bridgehead atoms. The van der Waals surface area contributed by atoms with Gasteiger partial charge in [-0.2, -0.15) is 0 Å². The van der Waals surface area contributed by atoms with Crippen LogP contribution in [0, 0.1) is 5.92 Å². The van der Waals surface area contributed by atoms with Gasteiger partial charge in [-0.15, -0.1) is 0 Å². The van der Waals surface area contributed by atoms with Gasteiger partial charge < -0.3 is 4.57 Å². The zero-order valence-electron chi connectivity index (χ0n) is 19.1. The molecule has 1 saturated carbocycles. The van der Waals surface area contributed by atoms with Crippen LogP contribution >= 0.6 is 0 Å². The van der Waals surface area contributed by atoms with Crippen LogP contribution in [-0.4, -0.2) is 9.55 Å². The number of imidazole rings is 1. The topological polar surface area (TPSA) is 17.8 Å². The van der Waals surface area contributed by atoms with Crippen molar-refractivity contribution in [1.82, 2.24) is 9.55 Å². The minimum atomic E-state index is 0.366. The Hall–Kier alpha value is -0.790. The lowest BCUT2D eigenvalue weighted by molar-refractivity contribution is 0.135. The summed E-state index contributed by atoms with van der Waals surface area (Å²) < 4.78 is 2.45. The molecule has 0 saturated heterocycles. The number of hydrogen-bond donors (Lipinski definition) is 0. The molecule has 0 spiro atoms. The molecule has 1 aromatic heterocycles. The normalized spacial score (nSPS) is 22.6. The molecule has 0 amide bonds. The van der Waals surface area contributed by atoms with E-state index in [0.717, 1.165) is 5.92 Å². The van der Waals surface area contributed by atoms with E-state index < -0.39 is 0 Å². The smallest absolute Gasteiger partial charge is 0.0951 e. The first-order valence-corrected chi connectivity index (χ1v) is 12.8. The lowest BCUT2D eigenvalue weighted by atomic mass is 9.73. The largest absolute Gasteiger partial charge is 0.331 e. The summed E-state index contributed by atoms with van der Waals surface area (Å²) in [4.78, 5) is 4.35. The fourth-order valence-corrected chi connectivity index (χ4v) is 5.41. The van der Waals surface area contributed by atoms with Gasteiger partial charge in [-0.05, 0) is 25.2 Å². The van der Waals surface area contributed by atoms with Crippen LogP contribution in [0.3, 0.4) is 0 Å². The van der Waals surface area contributed by atoms with Gasteiger partial charge in [0.25, 0.3) is 0 Å². The second-order valence-electron chi connectivity index (χ2n) is 9.74. The van der Waals surface area contributed by atoms with Crippen LogP contribution in [0.15, 0.2) is 18.7 Å². The van der Waals surface area contributed by atoms with Crippen molar-refractivity contribution in [3.8, 4) is 0 Å². The molecule has 2 unspecified atom stereocenters. The van der Waals surface area contributed by atoms with Gasteiger partial charge in [0.05, 0.1) is 6.33 Å². The Morgan fingerprint density at radius 1 is 0.857 bits per heavy atom. The SMILES string of the molecule is CCCCCCCCCCCCCCCCC1(n2ccnc2)CCCC(C)C1. The third kappa shape index (κ3) is 8.70. The van der Waals surface area contributed by atoms with E-state index in [2.05, 4.69) is 35.9 Å². The van der Waals surface area contributed by atoms with Crippen molar-refractivity contribution in [2.75, 3.05) is 0 Å². The van der Waals surface area contributed by atoms with Crippen LogP contribution in [-0.2, 0) is 5.54 Å². The van der Waals surface area contributed by atoms with Gasteiger partial charge in [-0.25, -0.2) is 4.98 Å². The predicted octanol–water partition coefficient (Wildman–Crippen LogP) is 8.66. The van der Waals surface area contributed by atoms with Crippen molar-refractivity contribution in [2.45, 2.75) is 141 Å². The molecule has 1 aliphatic carbocycles. The second kappa shape index (κ2) is 14.2. The fraction of sp³-hybridized carbons (Fsp3) is 0.885. The van der Waals surface area contributed by atoms with Crippen LogP contribution in [0.1, 0.15) is 136 Å². The Morgan fingerprint density at radius 2 is 1.43 bits per heavy atom. The average molecular weight is 389 g/mol. The molecule has 2 rings (SSSR count). The Bertz CT molecular complexity index is 467. The summed E-state index contributed by atoms with van der Waals surface area (Å²) >= 11 is 0. The summed E-state index contributed by atoms with van der Waals surface area (Å²) in [6.07, 6.45) is 33.3. The zero-order valence-corrected chi connectivity index (χ0v) is 19.1. The number of nitrogens with zero attached hydrogens (tertiary/aromatic N) is 2. The standard InChI is InChI=1S/C26H48N2/c1-3-4-5-6-7-8-9-10-11-12-13-14-15-16-19-26(28-22-21-27-24-28)20-17-18-25(2)23-26/h21-22,24-25H,3-20,23H2,1-2H3. The van der Waals surface area contributed by atoms with Gasteiger partial charge in [0.15, 0.2) is 0 Å². The van der Waals surface area contributed by atoms with Gasteiger partial charge in [-0.3, -0.25) is 0 Å². The van der Waals surface area contributed by atoms with Crippen LogP contribution < -0.4 is 0 Å². The number of hydrogen-bond acceptors (Lipinski definition) is 1. The summed E-state index contributed by atoms with van der Waals surface area (Å²) in [5, 5.41) is 0. The third-order valence-electron chi connectivity index (χ3n) is 7.12. The Morgan fingerprint density at radius 3 is 1.93 bits per heavy atom. The quantitative estimate of drug-likeness (QED) is 0.259. The van der Waals surface area contributed by atoms with Crippen LogP contribution in [0.5, 0.6) is 0 Å². The van der Waals surface area contributed by atoms with Gasteiger partial charge >= 0.3 is 0 Å². The number of rotatable bonds is 16. The van der Waals surface area contributed by atoms with Gasteiger partial charge in [-0.1, -0.05) is 117 Å². The van der Waals surface area contributed by atoms with Crippen LogP contribution in [0.4, 0.5) is 0 Å². The summed E-state index contributed by atoms with van der Waals surface area (Å²) in [7, 11) is 0. The molecule has 2 heteroatoms. The zero-order chi connectivity index (χ0) is 19.9. The van der Waals surface area contributed by atoms with E-state index in [1.807, 2.05) is 6.20 Å². The molecule has 2 atom stereocenters. The number of unbranched alkanes of at least 4 members (excludes halogenated alkanes) is 13. The fourth-order valence-electron chi connectivity index (χ4n) is 5.41. The van der Waals surface area contributed by atoms with Crippen molar-refractivity contribution in [2.24, 2.45) is 5.92 Å². The Balaban J connectivity index is 1.48. The Kier molecular flexibility index (Phi) is 11.9. The van der Waals surface area contributed by atoms with E-state index in [9.17, 15) is 0 Å². The Labute approximate surface area is 175 Å². The molecular formula is C26H48N2. The highest BCUT2D eigenvalue weighted by Gasteiger charge is 2.35. The molecule has 0 aliphatic heterocycles. The maximum atomic E-state index is 4.35. The first kappa shape index (κ1) is 23.5. The summed E-state index contributed by atoms with van der Waals surface area (Å²) in [6.45, 7) is 4.74. The molecule has 1 heterocycles. The van der Waals surface area contributed by atoms with Crippen LogP contribution in [0.2, 0.25) is 0 Å².